The van der Waals surface area contributed by atoms with Crippen molar-refractivity contribution in [1.82, 2.24) is 5.43 Å². The molecule has 0 unspecified atom stereocenters. The molecule has 29 heavy (non-hydrogen) atoms. The minimum absolute atomic E-state index is 0.0933. The van der Waals surface area contributed by atoms with E-state index < -0.39 is 5.91 Å². The number of hydrogen-bond donors (Lipinski definition) is 3. The molecule has 2 amide bonds. The maximum absolute atomic E-state index is 12.1. The minimum Gasteiger partial charge on any atom is -0.507 e. The molecule has 0 radical (unpaired) electrons. The summed E-state index contributed by atoms with van der Waals surface area (Å²) in [6, 6.07) is 23.0. The lowest BCUT2D eigenvalue weighted by Gasteiger charge is -2.07. The molecule has 0 aliphatic heterocycles. The average Bonchev–Trinajstić information content (AvgIpc) is 2.73. The highest BCUT2D eigenvalue weighted by atomic mass is 16.3. The first-order chi connectivity index (χ1) is 14.0. The monoisotopic (exact) mass is 387 g/mol. The normalized spacial score (nSPS) is 11.0. The van der Waals surface area contributed by atoms with Gasteiger partial charge < -0.3 is 10.4 Å². The second-order valence-corrected chi connectivity index (χ2v) is 6.44. The number of benzene rings is 3. The van der Waals surface area contributed by atoms with Gasteiger partial charge in [-0.15, -0.1) is 0 Å². The Balaban J connectivity index is 1.59. The Morgan fingerprint density at radius 1 is 0.897 bits per heavy atom. The molecule has 146 valence electrons. The van der Waals surface area contributed by atoms with Gasteiger partial charge in [0.2, 0.25) is 5.91 Å². The van der Waals surface area contributed by atoms with Gasteiger partial charge in [-0.05, 0) is 42.3 Å². The molecule has 0 aliphatic carbocycles. The molecule has 0 spiro atoms. The van der Waals surface area contributed by atoms with E-state index in [4.69, 9.17) is 0 Å². The number of para-hydroxylation sites is 1. The van der Waals surface area contributed by atoms with Crippen LogP contribution in [0.15, 0.2) is 84.0 Å². The second kappa shape index (κ2) is 9.32. The fourth-order valence-electron chi connectivity index (χ4n) is 2.71. The largest absolute Gasteiger partial charge is 0.507 e. The van der Waals surface area contributed by atoms with Crippen molar-refractivity contribution in [2.75, 3.05) is 5.32 Å². The van der Waals surface area contributed by atoms with Gasteiger partial charge in [0.15, 0.2) is 0 Å². The molecule has 0 saturated heterocycles. The summed E-state index contributed by atoms with van der Waals surface area (Å²) in [5.74, 6) is -0.690. The number of phenols is 1. The van der Waals surface area contributed by atoms with Crippen LogP contribution in [0.1, 0.15) is 28.4 Å². The molecule has 0 aliphatic rings. The number of amides is 2. The highest BCUT2D eigenvalue weighted by molar-refractivity contribution is 6.02. The number of rotatable bonds is 6. The van der Waals surface area contributed by atoms with Crippen molar-refractivity contribution in [2.45, 2.75) is 13.3 Å². The minimum atomic E-state index is -0.493. The summed E-state index contributed by atoms with van der Waals surface area (Å²) in [7, 11) is 0. The van der Waals surface area contributed by atoms with Gasteiger partial charge >= 0.3 is 0 Å². The second-order valence-electron chi connectivity index (χ2n) is 6.44. The van der Waals surface area contributed by atoms with Gasteiger partial charge in [0.05, 0.1) is 17.7 Å². The maximum Gasteiger partial charge on any atom is 0.275 e. The van der Waals surface area contributed by atoms with Crippen LogP contribution in [0.3, 0.4) is 0 Å². The van der Waals surface area contributed by atoms with E-state index >= 15 is 0 Å². The zero-order valence-corrected chi connectivity index (χ0v) is 15.9. The Bertz CT molecular complexity index is 1030. The van der Waals surface area contributed by atoms with Crippen LogP contribution in [-0.2, 0) is 11.2 Å². The van der Waals surface area contributed by atoms with E-state index in [1.54, 1.807) is 31.2 Å². The lowest BCUT2D eigenvalue weighted by molar-refractivity contribution is -0.115. The van der Waals surface area contributed by atoms with E-state index in [1.807, 2.05) is 42.5 Å². The number of aromatic hydroxyl groups is 1. The number of nitrogens with one attached hydrogen (secondary N) is 2. The van der Waals surface area contributed by atoms with Gasteiger partial charge in [0.25, 0.3) is 5.91 Å². The summed E-state index contributed by atoms with van der Waals surface area (Å²) in [6.07, 6.45) is 0.307. The SMILES string of the molecule is C/C(=N\NC(=O)c1ccccc1O)c1ccc(NC(=O)Cc2ccccc2)cc1. The topological polar surface area (TPSA) is 90.8 Å². The maximum atomic E-state index is 12.1. The standard InChI is InChI=1S/C23H21N3O3/c1-16(25-26-23(29)20-9-5-6-10-21(20)27)18-11-13-19(14-12-18)24-22(28)15-17-7-3-2-4-8-17/h2-14,27H,15H2,1H3,(H,24,28)(H,26,29)/b25-16+. The van der Waals surface area contributed by atoms with Crippen LogP contribution in [0.5, 0.6) is 5.75 Å². The lowest BCUT2D eigenvalue weighted by Crippen LogP contribution is -2.19. The third-order valence-corrected chi connectivity index (χ3v) is 4.27. The van der Waals surface area contributed by atoms with Gasteiger partial charge in [-0.2, -0.15) is 5.10 Å². The van der Waals surface area contributed by atoms with Crippen molar-refractivity contribution in [2.24, 2.45) is 5.10 Å². The third-order valence-electron chi connectivity index (χ3n) is 4.27. The molecule has 0 heterocycles. The van der Waals surface area contributed by atoms with Crippen molar-refractivity contribution < 1.29 is 14.7 Å². The highest BCUT2D eigenvalue weighted by Gasteiger charge is 2.09. The van der Waals surface area contributed by atoms with E-state index in [1.165, 1.54) is 12.1 Å². The smallest absolute Gasteiger partial charge is 0.275 e. The Labute approximate surface area is 168 Å². The van der Waals surface area contributed by atoms with Gasteiger partial charge in [0.1, 0.15) is 5.75 Å². The van der Waals surface area contributed by atoms with Gasteiger partial charge in [-0.3, -0.25) is 9.59 Å². The number of anilines is 1. The van der Waals surface area contributed by atoms with Crippen LogP contribution in [0.4, 0.5) is 5.69 Å². The zero-order valence-electron chi connectivity index (χ0n) is 15.9. The summed E-state index contributed by atoms with van der Waals surface area (Å²) in [6.45, 7) is 1.76. The Morgan fingerprint density at radius 2 is 1.55 bits per heavy atom. The van der Waals surface area contributed by atoms with E-state index in [9.17, 15) is 14.7 Å². The Morgan fingerprint density at radius 3 is 2.24 bits per heavy atom. The molecule has 3 rings (SSSR count). The van der Waals surface area contributed by atoms with Gasteiger partial charge in [0, 0.05) is 5.69 Å². The summed E-state index contributed by atoms with van der Waals surface area (Å²) in [4.78, 5) is 24.2. The summed E-state index contributed by atoms with van der Waals surface area (Å²) in [5.41, 5.74) is 5.60. The van der Waals surface area contributed by atoms with Crippen molar-refractivity contribution >= 4 is 23.2 Å². The molecule has 6 nitrogen and oxygen atoms in total. The molecule has 3 aromatic carbocycles. The summed E-state index contributed by atoms with van der Waals surface area (Å²) >= 11 is 0. The number of hydrogen-bond acceptors (Lipinski definition) is 4. The zero-order chi connectivity index (χ0) is 20.6. The van der Waals surface area contributed by atoms with Crippen molar-refractivity contribution in [1.29, 1.82) is 0 Å². The van der Waals surface area contributed by atoms with Crippen LogP contribution in [0.25, 0.3) is 0 Å². The van der Waals surface area contributed by atoms with E-state index in [2.05, 4.69) is 15.8 Å². The van der Waals surface area contributed by atoms with Crippen molar-refractivity contribution in [3.8, 4) is 5.75 Å². The molecule has 3 aromatic rings. The molecular formula is C23H21N3O3. The first-order valence-electron chi connectivity index (χ1n) is 9.10. The van der Waals surface area contributed by atoms with Crippen LogP contribution < -0.4 is 10.7 Å². The average molecular weight is 387 g/mol. The molecule has 3 N–H and O–H groups in total. The van der Waals surface area contributed by atoms with Crippen LogP contribution in [0, 0.1) is 0 Å². The molecule has 0 atom stereocenters. The van der Waals surface area contributed by atoms with E-state index in [0.717, 1.165) is 11.1 Å². The molecule has 0 saturated carbocycles. The first-order valence-corrected chi connectivity index (χ1v) is 9.10. The summed E-state index contributed by atoms with van der Waals surface area (Å²) in [5, 5.41) is 16.7. The first kappa shape index (κ1) is 19.8. The fraction of sp³-hybridized carbons (Fsp3) is 0.0870. The number of hydrazone groups is 1. The predicted octanol–water partition coefficient (Wildman–Crippen LogP) is 3.73. The molecule has 0 bridgehead atoms. The quantitative estimate of drug-likeness (QED) is 0.445. The highest BCUT2D eigenvalue weighted by Crippen LogP contribution is 2.15. The molecule has 0 fully saturated rings. The van der Waals surface area contributed by atoms with E-state index in [-0.39, 0.29) is 17.2 Å². The lowest BCUT2D eigenvalue weighted by atomic mass is 10.1. The molecule has 6 heteroatoms. The number of carbonyl (C=O) groups is 2. The number of phenolic OH excluding ortho intramolecular Hbond substituents is 1. The van der Waals surface area contributed by atoms with Crippen molar-refractivity contribution in [3.05, 3.63) is 95.6 Å². The summed E-state index contributed by atoms with van der Waals surface area (Å²) < 4.78 is 0. The molecular weight excluding hydrogens is 366 g/mol. The van der Waals surface area contributed by atoms with E-state index in [0.29, 0.717) is 17.8 Å². The Kier molecular flexibility index (Phi) is 6.37. The van der Waals surface area contributed by atoms with Gasteiger partial charge in [-0.1, -0.05) is 54.6 Å². The Hall–Kier alpha value is -3.93. The van der Waals surface area contributed by atoms with Crippen LogP contribution in [0.2, 0.25) is 0 Å². The number of carbonyl (C=O) groups excluding carboxylic acids is 2. The molecule has 0 aromatic heterocycles. The van der Waals surface area contributed by atoms with Crippen molar-refractivity contribution in [3.63, 3.8) is 0 Å². The predicted molar refractivity (Wildman–Crippen MR) is 113 cm³/mol. The number of nitrogens with zero attached hydrogens (tertiary/aromatic N) is 1. The van der Waals surface area contributed by atoms with Gasteiger partial charge in [-0.25, -0.2) is 5.43 Å². The van der Waals surface area contributed by atoms with Crippen LogP contribution in [-0.4, -0.2) is 22.6 Å². The fourth-order valence-corrected chi connectivity index (χ4v) is 2.71. The van der Waals surface area contributed by atoms with Crippen LogP contribution >= 0.6 is 0 Å². The third kappa shape index (κ3) is 5.52.